The van der Waals surface area contributed by atoms with Crippen molar-refractivity contribution in [2.75, 3.05) is 6.54 Å². The lowest BCUT2D eigenvalue weighted by molar-refractivity contribution is -0.136. The molecule has 0 aromatic heterocycles. The van der Waals surface area contributed by atoms with Crippen LogP contribution in [0.25, 0.3) is 5.70 Å². The second-order valence-electron chi connectivity index (χ2n) is 5.52. The van der Waals surface area contributed by atoms with Crippen molar-refractivity contribution < 1.29 is 14.7 Å². The summed E-state index contributed by atoms with van der Waals surface area (Å²) < 4.78 is 0. The summed E-state index contributed by atoms with van der Waals surface area (Å²) in [5.74, 6) is -0.972. The molecule has 23 heavy (non-hydrogen) atoms. The zero-order valence-corrected chi connectivity index (χ0v) is 12.6. The molecule has 3 rings (SSSR count). The van der Waals surface area contributed by atoms with Crippen molar-refractivity contribution in [3.8, 4) is 0 Å². The number of hydrogen-bond acceptors (Lipinski definition) is 3. The number of carboxylic acid groups (broad SMARTS) is 1. The number of ketones is 1. The Morgan fingerprint density at radius 1 is 1.09 bits per heavy atom. The second kappa shape index (κ2) is 6.48. The standard InChI is InChI=1S/C19H17NO3/c21-18(15-7-5-13(6-8-15)11-19(22)23)12-17-16-4-2-1-3-14(16)9-10-20-17/h1-8,12,20H,9-11H2,(H,22,23)/b17-12-. The minimum atomic E-state index is -0.880. The van der Waals surface area contributed by atoms with E-state index in [-0.39, 0.29) is 12.2 Å². The van der Waals surface area contributed by atoms with Crippen LogP contribution >= 0.6 is 0 Å². The molecule has 0 unspecified atom stereocenters. The van der Waals surface area contributed by atoms with E-state index >= 15 is 0 Å². The minimum absolute atomic E-state index is 0.0372. The van der Waals surface area contributed by atoms with Gasteiger partial charge in [0.15, 0.2) is 5.78 Å². The highest BCUT2D eigenvalue weighted by Gasteiger charge is 2.14. The summed E-state index contributed by atoms with van der Waals surface area (Å²) in [7, 11) is 0. The van der Waals surface area contributed by atoms with Crippen molar-refractivity contribution in [3.05, 3.63) is 76.9 Å². The maximum Gasteiger partial charge on any atom is 0.307 e. The Hall–Kier alpha value is -2.88. The molecule has 0 fully saturated rings. The van der Waals surface area contributed by atoms with Crippen molar-refractivity contribution in [1.82, 2.24) is 5.32 Å². The summed E-state index contributed by atoms with van der Waals surface area (Å²) in [5, 5.41) is 12.0. The van der Waals surface area contributed by atoms with E-state index in [1.165, 1.54) is 5.56 Å². The fourth-order valence-electron chi connectivity index (χ4n) is 2.73. The molecule has 116 valence electrons. The van der Waals surface area contributed by atoms with Crippen LogP contribution in [-0.4, -0.2) is 23.4 Å². The van der Waals surface area contributed by atoms with Crippen molar-refractivity contribution in [2.24, 2.45) is 0 Å². The number of carbonyl (C=O) groups excluding carboxylic acids is 1. The molecule has 2 N–H and O–H groups in total. The first-order valence-electron chi connectivity index (χ1n) is 7.52. The molecule has 1 aliphatic rings. The molecular formula is C19H17NO3. The molecule has 0 atom stereocenters. The van der Waals surface area contributed by atoms with E-state index in [2.05, 4.69) is 11.4 Å². The largest absolute Gasteiger partial charge is 0.481 e. The van der Waals surface area contributed by atoms with Gasteiger partial charge in [-0.05, 0) is 17.5 Å². The van der Waals surface area contributed by atoms with Crippen LogP contribution in [0.5, 0.6) is 0 Å². The lowest BCUT2D eigenvalue weighted by atomic mass is 9.96. The van der Waals surface area contributed by atoms with Crippen LogP contribution in [0.15, 0.2) is 54.6 Å². The summed E-state index contributed by atoms with van der Waals surface area (Å²) in [6.45, 7) is 0.813. The zero-order chi connectivity index (χ0) is 16.2. The Labute approximate surface area is 134 Å². The highest BCUT2D eigenvalue weighted by molar-refractivity contribution is 6.08. The van der Waals surface area contributed by atoms with E-state index in [1.54, 1.807) is 30.3 Å². The lowest BCUT2D eigenvalue weighted by Crippen LogP contribution is -2.23. The SMILES string of the molecule is O=C(O)Cc1ccc(C(=O)/C=C2\NCCc3ccccc32)cc1. The number of allylic oxidation sites excluding steroid dienone is 1. The molecule has 0 spiro atoms. The van der Waals surface area contributed by atoms with Gasteiger partial charge in [-0.2, -0.15) is 0 Å². The highest BCUT2D eigenvalue weighted by Crippen LogP contribution is 2.22. The molecule has 1 aliphatic heterocycles. The molecule has 0 radical (unpaired) electrons. The first kappa shape index (κ1) is 15.0. The first-order chi connectivity index (χ1) is 11.1. The molecule has 4 nitrogen and oxygen atoms in total. The van der Waals surface area contributed by atoms with Gasteiger partial charge in [0, 0.05) is 29.4 Å². The Bertz CT molecular complexity index is 775. The van der Waals surface area contributed by atoms with E-state index in [1.807, 2.05) is 18.2 Å². The van der Waals surface area contributed by atoms with Gasteiger partial charge >= 0.3 is 5.97 Å². The third kappa shape index (κ3) is 3.48. The van der Waals surface area contributed by atoms with Gasteiger partial charge in [0.05, 0.1) is 6.42 Å². The number of nitrogens with one attached hydrogen (secondary N) is 1. The Kier molecular flexibility index (Phi) is 4.24. The molecular weight excluding hydrogens is 290 g/mol. The number of carboxylic acids is 1. The molecule has 2 aromatic rings. The van der Waals surface area contributed by atoms with Crippen LogP contribution in [0.1, 0.15) is 27.0 Å². The number of benzene rings is 2. The quantitative estimate of drug-likeness (QED) is 0.673. The third-order valence-electron chi connectivity index (χ3n) is 3.89. The molecule has 0 bridgehead atoms. The molecule has 0 aliphatic carbocycles. The maximum absolute atomic E-state index is 12.4. The van der Waals surface area contributed by atoms with Gasteiger partial charge in [0.2, 0.25) is 0 Å². The normalized spacial score (nSPS) is 14.9. The number of carbonyl (C=O) groups is 2. The monoisotopic (exact) mass is 307 g/mol. The summed E-state index contributed by atoms with van der Waals surface area (Å²) in [5.41, 5.74) is 4.38. The van der Waals surface area contributed by atoms with Gasteiger partial charge in [0.25, 0.3) is 0 Å². The predicted octanol–water partition coefficient (Wildman–Crippen LogP) is 2.68. The Balaban J connectivity index is 1.83. The van der Waals surface area contributed by atoms with E-state index in [9.17, 15) is 9.59 Å². The molecule has 4 heteroatoms. The van der Waals surface area contributed by atoms with E-state index in [4.69, 9.17) is 5.11 Å². The van der Waals surface area contributed by atoms with Crippen LogP contribution in [0.3, 0.4) is 0 Å². The average Bonchev–Trinajstić information content (AvgIpc) is 2.55. The third-order valence-corrected chi connectivity index (χ3v) is 3.89. The summed E-state index contributed by atoms with van der Waals surface area (Å²) >= 11 is 0. The van der Waals surface area contributed by atoms with Crippen LogP contribution < -0.4 is 5.32 Å². The Morgan fingerprint density at radius 2 is 1.83 bits per heavy atom. The van der Waals surface area contributed by atoms with Crippen molar-refractivity contribution in [2.45, 2.75) is 12.8 Å². The molecule has 0 saturated carbocycles. The second-order valence-corrected chi connectivity index (χ2v) is 5.52. The van der Waals surface area contributed by atoms with Crippen LogP contribution in [0.2, 0.25) is 0 Å². The lowest BCUT2D eigenvalue weighted by Gasteiger charge is -2.20. The van der Waals surface area contributed by atoms with Gasteiger partial charge in [-0.25, -0.2) is 0 Å². The van der Waals surface area contributed by atoms with Crippen molar-refractivity contribution in [1.29, 1.82) is 0 Å². The topological polar surface area (TPSA) is 66.4 Å². The van der Waals surface area contributed by atoms with E-state index in [0.29, 0.717) is 11.1 Å². The highest BCUT2D eigenvalue weighted by atomic mass is 16.4. The fourth-order valence-corrected chi connectivity index (χ4v) is 2.73. The number of rotatable bonds is 4. The molecule has 1 heterocycles. The van der Waals surface area contributed by atoms with Crippen LogP contribution in [0, 0.1) is 0 Å². The average molecular weight is 307 g/mol. The van der Waals surface area contributed by atoms with E-state index in [0.717, 1.165) is 24.2 Å². The van der Waals surface area contributed by atoms with Gasteiger partial charge in [-0.1, -0.05) is 48.5 Å². The predicted molar refractivity (Wildman–Crippen MR) is 88.2 cm³/mol. The van der Waals surface area contributed by atoms with Crippen molar-refractivity contribution >= 4 is 17.4 Å². The number of fused-ring (bicyclic) bond motifs is 1. The molecule has 2 aromatic carbocycles. The first-order valence-corrected chi connectivity index (χ1v) is 7.52. The van der Waals surface area contributed by atoms with Gasteiger partial charge in [0.1, 0.15) is 0 Å². The number of aliphatic carboxylic acids is 1. The molecule has 0 amide bonds. The maximum atomic E-state index is 12.4. The van der Waals surface area contributed by atoms with Gasteiger partial charge in [-0.15, -0.1) is 0 Å². The summed E-state index contributed by atoms with van der Waals surface area (Å²) in [6.07, 6.45) is 2.53. The molecule has 0 saturated heterocycles. The summed E-state index contributed by atoms with van der Waals surface area (Å²) in [4.78, 5) is 23.1. The van der Waals surface area contributed by atoms with Gasteiger partial charge in [-0.3, -0.25) is 9.59 Å². The van der Waals surface area contributed by atoms with Crippen molar-refractivity contribution in [3.63, 3.8) is 0 Å². The number of hydrogen-bond donors (Lipinski definition) is 2. The summed E-state index contributed by atoms with van der Waals surface area (Å²) in [6, 6.07) is 14.8. The smallest absolute Gasteiger partial charge is 0.307 e. The van der Waals surface area contributed by atoms with Gasteiger partial charge < -0.3 is 10.4 Å². The van der Waals surface area contributed by atoms with Crippen LogP contribution in [0.4, 0.5) is 0 Å². The van der Waals surface area contributed by atoms with Crippen LogP contribution in [-0.2, 0) is 17.6 Å². The zero-order valence-electron chi connectivity index (χ0n) is 12.6. The Morgan fingerprint density at radius 3 is 2.57 bits per heavy atom. The van der Waals surface area contributed by atoms with E-state index < -0.39 is 5.97 Å². The minimum Gasteiger partial charge on any atom is -0.481 e. The fraction of sp³-hybridized carbons (Fsp3) is 0.158.